The van der Waals surface area contributed by atoms with E-state index in [0.717, 1.165) is 0 Å². The molecule has 6 heteroatoms. The summed E-state index contributed by atoms with van der Waals surface area (Å²) in [6.45, 7) is 0. The van der Waals surface area contributed by atoms with Crippen LogP contribution in [0, 0.1) is 5.82 Å². The van der Waals surface area contributed by atoms with Gasteiger partial charge in [0.2, 0.25) is 0 Å². The summed E-state index contributed by atoms with van der Waals surface area (Å²) >= 11 is 3.05. The van der Waals surface area contributed by atoms with Gasteiger partial charge in [-0.2, -0.15) is 0 Å². The van der Waals surface area contributed by atoms with Crippen molar-refractivity contribution in [3.8, 4) is 11.4 Å². The van der Waals surface area contributed by atoms with Gasteiger partial charge < -0.3 is 0 Å². The first kappa shape index (κ1) is 9.14. The molecule has 0 unspecified atom stereocenters. The van der Waals surface area contributed by atoms with Crippen molar-refractivity contribution >= 4 is 15.9 Å². The lowest BCUT2D eigenvalue weighted by atomic mass is 10.2. The van der Waals surface area contributed by atoms with Gasteiger partial charge in [-0.25, -0.2) is 9.18 Å². The first-order valence-corrected chi connectivity index (χ1v) is 4.48. The van der Waals surface area contributed by atoms with Gasteiger partial charge in [0.15, 0.2) is 5.82 Å². The van der Waals surface area contributed by atoms with Crippen molar-refractivity contribution in [3.63, 3.8) is 0 Å². The third-order valence-electron chi connectivity index (χ3n) is 1.65. The number of nitrogens with one attached hydrogen (secondary N) is 1. The minimum atomic E-state index is -0.670. The Hall–Kier alpha value is -1.43. The van der Waals surface area contributed by atoms with Crippen LogP contribution < -0.4 is 5.76 Å². The predicted octanol–water partition coefficient (Wildman–Crippen LogP) is 1.93. The monoisotopic (exact) mass is 258 g/mol. The predicted molar refractivity (Wildman–Crippen MR) is 50.2 cm³/mol. The van der Waals surface area contributed by atoms with Crippen LogP contribution in [0.2, 0.25) is 0 Å². The molecule has 0 bridgehead atoms. The number of hydrogen-bond acceptors (Lipinski definition) is 3. The van der Waals surface area contributed by atoms with Gasteiger partial charge in [-0.05, 0) is 28.1 Å². The molecule has 0 spiro atoms. The Morgan fingerprint density at radius 2 is 2.29 bits per heavy atom. The van der Waals surface area contributed by atoms with E-state index in [9.17, 15) is 9.18 Å². The standard InChI is InChI=1S/C8H4BrFN2O2/c9-6-4(2-1-3-5(6)10)7-11-8(13)14-12-7/h1-3H,(H,11,12,13). The fraction of sp³-hybridized carbons (Fsp3) is 0. The third kappa shape index (κ3) is 1.48. The fourth-order valence-electron chi connectivity index (χ4n) is 1.03. The average molecular weight is 259 g/mol. The van der Waals surface area contributed by atoms with E-state index in [4.69, 9.17) is 0 Å². The number of aromatic nitrogens is 2. The third-order valence-corrected chi connectivity index (χ3v) is 2.45. The maximum atomic E-state index is 13.1. The second-order valence-electron chi connectivity index (χ2n) is 2.55. The van der Waals surface area contributed by atoms with E-state index in [1.165, 1.54) is 12.1 Å². The quantitative estimate of drug-likeness (QED) is 0.851. The molecule has 0 atom stereocenters. The van der Waals surface area contributed by atoms with Crippen molar-refractivity contribution in [1.29, 1.82) is 0 Å². The van der Waals surface area contributed by atoms with E-state index in [1.807, 2.05) is 0 Å². The molecule has 0 radical (unpaired) electrons. The van der Waals surface area contributed by atoms with Gasteiger partial charge >= 0.3 is 5.76 Å². The van der Waals surface area contributed by atoms with Crippen LogP contribution in [0.5, 0.6) is 0 Å². The molecule has 0 aliphatic heterocycles. The summed E-state index contributed by atoms with van der Waals surface area (Å²) in [4.78, 5) is 13.0. The summed E-state index contributed by atoms with van der Waals surface area (Å²) in [7, 11) is 0. The molecule has 1 N–H and O–H groups in total. The molecule has 1 heterocycles. The largest absolute Gasteiger partial charge is 0.439 e. The summed E-state index contributed by atoms with van der Waals surface area (Å²) in [5.74, 6) is -0.899. The highest BCUT2D eigenvalue weighted by Gasteiger charge is 2.10. The molecule has 1 aromatic carbocycles. The summed E-state index contributed by atoms with van der Waals surface area (Å²) in [6, 6.07) is 4.43. The second-order valence-corrected chi connectivity index (χ2v) is 3.34. The molecule has 0 aliphatic rings. The van der Waals surface area contributed by atoms with Crippen molar-refractivity contribution in [2.75, 3.05) is 0 Å². The van der Waals surface area contributed by atoms with Crippen molar-refractivity contribution in [2.24, 2.45) is 0 Å². The lowest BCUT2D eigenvalue weighted by Gasteiger charge is -1.99. The van der Waals surface area contributed by atoms with Crippen LogP contribution >= 0.6 is 15.9 Å². The molecular formula is C8H4BrFN2O2. The zero-order valence-corrected chi connectivity index (χ0v) is 8.34. The Bertz CT molecular complexity index is 520. The Balaban J connectivity index is 2.62. The van der Waals surface area contributed by atoms with Gasteiger partial charge in [-0.1, -0.05) is 11.2 Å². The number of nitrogens with zero attached hydrogens (tertiary/aromatic N) is 1. The maximum Gasteiger partial charge on any atom is 0.439 e. The molecule has 4 nitrogen and oxygen atoms in total. The number of benzene rings is 1. The highest BCUT2D eigenvalue weighted by atomic mass is 79.9. The summed E-state index contributed by atoms with van der Waals surface area (Å²) < 4.78 is 17.6. The minimum absolute atomic E-state index is 0.196. The van der Waals surface area contributed by atoms with Crippen molar-refractivity contribution in [2.45, 2.75) is 0 Å². The normalized spacial score (nSPS) is 10.4. The lowest BCUT2D eigenvalue weighted by molar-refractivity contribution is 0.388. The zero-order valence-electron chi connectivity index (χ0n) is 6.75. The summed E-state index contributed by atoms with van der Waals surface area (Å²) in [5, 5.41) is 3.45. The zero-order chi connectivity index (χ0) is 10.1. The van der Waals surface area contributed by atoms with Gasteiger partial charge in [0.1, 0.15) is 5.82 Å². The molecule has 14 heavy (non-hydrogen) atoms. The maximum absolute atomic E-state index is 13.1. The smallest absolute Gasteiger partial charge is 0.296 e. The topological polar surface area (TPSA) is 58.9 Å². The fourth-order valence-corrected chi connectivity index (χ4v) is 1.48. The minimum Gasteiger partial charge on any atom is -0.296 e. The van der Waals surface area contributed by atoms with E-state index < -0.39 is 11.6 Å². The van der Waals surface area contributed by atoms with Gasteiger partial charge in [0.05, 0.1) is 4.47 Å². The molecule has 2 rings (SSSR count). The Labute approximate surface area is 85.9 Å². The van der Waals surface area contributed by atoms with Crippen molar-refractivity contribution in [1.82, 2.24) is 10.1 Å². The molecule has 0 saturated heterocycles. The highest BCUT2D eigenvalue weighted by molar-refractivity contribution is 9.10. The van der Waals surface area contributed by atoms with Gasteiger partial charge in [0, 0.05) is 5.56 Å². The molecule has 0 saturated carbocycles. The lowest BCUT2D eigenvalue weighted by Crippen LogP contribution is -1.95. The van der Waals surface area contributed by atoms with Crippen LogP contribution in [0.1, 0.15) is 0 Å². The van der Waals surface area contributed by atoms with Crippen LogP contribution in [0.25, 0.3) is 11.4 Å². The van der Waals surface area contributed by atoms with Crippen LogP contribution in [0.4, 0.5) is 4.39 Å². The van der Waals surface area contributed by atoms with E-state index in [1.54, 1.807) is 6.07 Å². The molecule has 72 valence electrons. The van der Waals surface area contributed by atoms with Crippen LogP contribution in [0.3, 0.4) is 0 Å². The van der Waals surface area contributed by atoms with Gasteiger partial charge in [0.25, 0.3) is 0 Å². The molecule has 2 aromatic rings. The Morgan fingerprint density at radius 1 is 1.50 bits per heavy atom. The highest BCUT2D eigenvalue weighted by Crippen LogP contribution is 2.26. The SMILES string of the molecule is O=c1[nH]c(-c2cccc(F)c2Br)no1. The van der Waals surface area contributed by atoms with Crippen LogP contribution in [0.15, 0.2) is 32.0 Å². The average Bonchev–Trinajstić information content (AvgIpc) is 2.57. The molecule has 0 fully saturated rings. The van der Waals surface area contributed by atoms with Crippen LogP contribution in [-0.2, 0) is 0 Å². The number of H-pyrrole nitrogens is 1. The molecule has 0 aliphatic carbocycles. The van der Waals surface area contributed by atoms with Crippen LogP contribution in [-0.4, -0.2) is 10.1 Å². The van der Waals surface area contributed by atoms with E-state index in [0.29, 0.717) is 5.56 Å². The number of rotatable bonds is 1. The molecular weight excluding hydrogens is 255 g/mol. The Kier molecular flexibility index (Phi) is 2.20. The number of hydrogen-bond donors (Lipinski definition) is 1. The molecule has 1 aromatic heterocycles. The summed E-state index contributed by atoms with van der Waals surface area (Å²) in [6.07, 6.45) is 0. The van der Waals surface area contributed by atoms with Crippen molar-refractivity contribution < 1.29 is 8.91 Å². The summed E-state index contributed by atoms with van der Waals surface area (Å²) in [5.41, 5.74) is 0.441. The van der Waals surface area contributed by atoms with Gasteiger partial charge in [-0.3, -0.25) is 9.51 Å². The van der Waals surface area contributed by atoms with E-state index in [2.05, 4.69) is 30.6 Å². The number of halogens is 2. The first-order valence-electron chi connectivity index (χ1n) is 3.69. The second kappa shape index (κ2) is 3.38. The van der Waals surface area contributed by atoms with E-state index in [-0.39, 0.29) is 10.3 Å². The van der Waals surface area contributed by atoms with E-state index >= 15 is 0 Å². The molecule has 0 amide bonds. The van der Waals surface area contributed by atoms with Crippen molar-refractivity contribution in [3.05, 3.63) is 39.0 Å². The Morgan fingerprint density at radius 3 is 2.93 bits per heavy atom. The van der Waals surface area contributed by atoms with Gasteiger partial charge in [-0.15, -0.1) is 0 Å². The number of aromatic amines is 1. The first-order chi connectivity index (χ1) is 6.68.